The number of nitrogens with zero attached hydrogens (tertiary/aromatic N) is 4. The molecule has 238 valence electrons. The Balaban J connectivity index is 1.33. The maximum Gasteiger partial charge on any atom is 0.164 e. The van der Waals surface area contributed by atoms with Crippen LogP contribution in [0.3, 0.4) is 0 Å². The molecule has 4 heteroatoms. The van der Waals surface area contributed by atoms with Gasteiger partial charge in [-0.15, -0.1) is 0 Å². The molecule has 0 aliphatic carbocycles. The van der Waals surface area contributed by atoms with Crippen molar-refractivity contribution in [2.45, 2.75) is 0 Å². The lowest BCUT2D eigenvalue weighted by Crippen LogP contribution is -2.02. The van der Waals surface area contributed by atoms with Gasteiger partial charge < -0.3 is 4.57 Å². The van der Waals surface area contributed by atoms with Gasteiger partial charge in [-0.3, -0.25) is 0 Å². The molecular formula is C47H30N4. The summed E-state index contributed by atoms with van der Waals surface area (Å²) in [6.07, 6.45) is 0. The summed E-state index contributed by atoms with van der Waals surface area (Å²) in [6.45, 7) is 0. The van der Waals surface area contributed by atoms with E-state index in [1.807, 2.05) is 97.1 Å². The second-order valence-electron chi connectivity index (χ2n) is 12.3. The molecule has 0 amide bonds. The Morgan fingerprint density at radius 3 is 1.63 bits per heavy atom. The van der Waals surface area contributed by atoms with Crippen LogP contribution in [0.15, 0.2) is 182 Å². The van der Waals surface area contributed by atoms with E-state index < -0.39 is 36.3 Å². The van der Waals surface area contributed by atoms with Gasteiger partial charge in [0.25, 0.3) is 0 Å². The molecule has 0 radical (unpaired) electrons. The van der Waals surface area contributed by atoms with Crippen LogP contribution in [0.1, 0.15) is 11.0 Å². The molecule has 0 bridgehead atoms. The molecule has 10 aromatic rings. The highest BCUT2D eigenvalue weighted by atomic mass is 15.0. The molecule has 0 atom stereocenters. The molecule has 2 heterocycles. The molecule has 0 fully saturated rings. The maximum absolute atomic E-state index is 9.14. The largest absolute Gasteiger partial charge is 0.309 e. The van der Waals surface area contributed by atoms with Gasteiger partial charge in [0.2, 0.25) is 0 Å². The Hall–Kier alpha value is -6.91. The summed E-state index contributed by atoms with van der Waals surface area (Å²) in [5.74, 6) is 1.21. The lowest BCUT2D eigenvalue weighted by atomic mass is 9.96. The number of para-hydroxylation sites is 2. The zero-order chi connectivity index (χ0) is 40.7. The molecule has 0 spiro atoms. The first-order chi connectivity index (χ1) is 28.6. The zero-order valence-electron chi connectivity index (χ0n) is 35.0. The summed E-state index contributed by atoms with van der Waals surface area (Å²) in [7, 11) is 0. The van der Waals surface area contributed by atoms with E-state index in [2.05, 4.69) is 30.3 Å². The number of hydrogen-bond donors (Lipinski definition) is 0. The van der Waals surface area contributed by atoms with Gasteiger partial charge in [0.15, 0.2) is 17.5 Å². The highest BCUT2D eigenvalue weighted by Crippen LogP contribution is 2.38. The predicted molar refractivity (Wildman–Crippen MR) is 211 cm³/mol. The molecule has 8 aromatic carbocycles. The lowest BCUT2D eigenvalue weighted by Gasteiger charge is -2.15. The van der Waals surface area contributed by atoms with E-state index in [4.69, 9.17) is 25.9 Å². The van der Waals surface area contributed by atoms with Crippen LogP contribution in [-0.2, 0) is 0 Å². The van der Waals surface area contributed by atoms with E-state index in [0.29, 0.717) is 34.3 Å². The normalized spacial score (nSPS) is 13.7. The fourth-order valence-electron chi connectivity index (χ4n) is 6.93. The van der Waals surface area contributed by atoms with Crippen LogP contribution in [0.4, 0.5) is 0 Å². The van der Waals surface area contributed by atoms with Crippen molar-refractivity contribution in [3.05, 3.63) is 182 Å². The van der Waals surface area contributed by atoms with Crippen molar-refractivity contribution in [2.75, 3.05) is 0 Å². The van der Waals surface area contributed by atoms with Gasteiger partial charge in [-0.2, -0.15) is 0 Å². The van der Waals surface area contributed by atoms with Gasteiger partial charge in [0, 0.05) is 33.2 Å². The summed E-state index contributed by atoms with van der Waals surface area (Å²) in [4.78, 5) is 15.3. The van der Waals surface area contributed by atoms with E-state index in [9.17, 15) is 0 Å². The van der Waals surface area contributed by atoms with Crippen LogP contribution in [0.2, 0.25) is 0 Å². The number of aromatic nitrogens is 4. The number of fused-ring (bicyclic) bond motifs is 6. The Kier molecular flexibility index (Phi) is 5.12. The molecule has 4 nitrogen and oxygen atoms in total. The van der Waals surface area contributed by atoms with Crippen molar-refractivity contribution in [1.82, 2.24) is 19.5 Å². The van der Waals surface area contributed by atoms with Crippen LogP contribution < -0.4 is 0 Å². The van der Waals surface area contributed by atoms with Gasteiger partial charge >= 0.3 is 0 Å². The fourth-order valence-corrected chi connectivity index (χ4v) is 6.93. The summed E-state index contributed by atoms with van der Waals surface area (Å²) in [6, 6.07) is 39.8. The topological polar surface area (TPSA) is 43.6 Å². The minimum Gasteiger partial charge on any atom is -0.309 e. The van der Waals surface area contributed by atoms with Gasteiger partial charge in [0.05, 0.1) is 22.0 Å². The molecule has 2 aromatic heterocycles. The van der Waals surface area contributed by atoms with Crippen molar-refractivity contribution in [3.8, 4) is 51.0 Å². The van der Waals surface area contributed by atoms with Crippen LogP contribution in [0.25, 0.3) is 94.3 Å². The van der Waals surface area contributed by atoms with Crippen LogP contribution >= 0.6 is 0 Å². The van der Waals surface area contributed by atoms with E-state index in [0.717, 1.165) is 38.2 Å². The predicted octanol–water partition coefficient (Wildman–Crippen LogP) is 11.9. The Bertz CT molecular complexity index is 3290. The van der Waals surface area contributed by atoms with Crippen LogP contribution in [0, 0.1) is 0 Å². The van der Waals surface area contributed by atoms with Crippen molar-refractivity contribution in [1.29, 1.82) is 0 Å². The van der Waals surface area contributed by atoms with Crippen molar-refractivity contribution >= 4 is 43.4 Å². The minimum absolute atomic E-state index is 0.00153. The van der Waals surface area contributed by atoms with Crippen LogP contribution in [-0.4, -0.2) is 19.5 Å². The average Bonchev–Trinajstić information content (AvgIpc) is 3.65. The first-order valence-corrected chi connectivity index (χ1v) is 16.5. The van der Waals surface area contributed by atoms with E-state index in [-0.39, 0.29) is 33.9 Å². The summed E-state index contributed by atoms with van der Waals surface area (Å²) < 4.78 is 72.1. The molecule has 10 rings (SSSR count). The number of hydrogen-bond acceptors (Lipinski definition) is 3. The van der Waals surface area contributed by atoms with Crippen molar-refractivity contribution < 1.29 is 11.0 Å². The minimum atomic E-state index is -0.500. The molecule has 0 N–H and O–H groups in total. The van der Waals surface area contributed by atoms with Gasteiger partial charge in [-0.25, -0.2) is 15.0 Å². The third kappa shape index (κ3) is 4.96. The standard InChI is InChI=1S/C47H30N4/c1-3-15-31(16-4-1)34-27-35(29-36(28-34)51-43-25-13-11-23-40(43)41-24-12-14-26-44(41)51)46-48-45(32-17-5-2-6-18-32)49-47(50-46)42-30-33-19-7-8-20-37(33)38-21-9-10-22-39(38)42/h1-30H/i11D,12D,13D,14D,23D,24D,25D,26D. The number of benzene rings is 8. The maximum atomic E-state index is 9.14. The van der Waals surface area contributed by atoms with E-state index in [1.54, 1.807) is 6.07 Å². The smallest absolute Gasteiger partial charge is 0.164 e. The molecule has 0 saturated heterocycles. The second-order valence-corrected chi connectivity index (χ2v) is 12.3. The third-order valence-corrected chi connectivity index (χ3v) is 9.25. The first kappa shape index (κ1) is 21.9. The van der Waals surface area contributed by atoms with Crippen LogP contribution in [0.5, 0.6) is 0 Å². The molecular weight excluding hydrogens is 621 g/mol. The van der Waals surface area contributed by atoms with Gasteiger partial charge in [-0.1, -0.05) is 145 Å². The molecule has 0 aliphatic heterocycles. The molecule has 0 saturated carbocycles. The highest BCUT2D eigenvalue weighted by Gasteiger charge is 2.19. The van der Waals surface area contributed by atoms with Gasteiger partial charge in [0.1, 0.15) is 0 Å². The highest BCUT2D eigenvalue weighted by molar-refractivity contribution is 6.13. The SMILES string of the molecule is [2H]c1c([2H])c([2H])c2c(c1[2H])c1c([2H])c([2H])c([2H])c([2H])c1n2-c1cc(-c2ccccc2)cc(-c2nc(-c3ccccc3)nc(-c3cc4ccccc4c4ccccc34)n2)c1. The zero-order valence-corrected chi connectivity index (χ0v) is 27.0. The monoisotopic (exact) mass is 658 g/mol. The molecule has 0 unspecified atom stereocenters. The average molecular weight is 659 g/mol. The van der Waals surface area contributed by atoms with Crippen molar-refractivity contribution in [3.63, 3.8) is 0 Å². The quantitative estimate of drug-likeness (QED) is 0.173. The summed E-state index contributed by atoms with van der Waals surface area (Å²) in [5.41, 5.74) is 4.12. The lowest BCUT2D eigenvalue weighted by molar-refractivity contribution is 1.07. The Morgan fingerprint density at radius 1 is 0.392 bits per heavy atom. The van der Waals surface area contributed by atoms with Gasteiger partial charge in [-0.05, 0) is 69.0 Å². The second kappa shape index (κ2) is 11.9. The number of rotatable bonds is 5. The molecule has 51 heavy (non-hydrogen) atoms. The van der Waals surface area contributed by atoms with Crippen molar-refractivity contribution in [2.24, 2.45) is 0 Å². The molecule has 0 aliphatic rings. The van der Waals surface area contributed by atoms with E-state index >= 15 is 0 Å². The Labute approximate surface area is 306 Å². The first-order valence-electron chi connectivity index (χ1n) is 20.5. The fraction of sp³-hybridized carbons (Fsp3) is 0. The summed E-state index contributed by atoms with van der Waals surface area (Å²) >= 11 is 0. The van der Waals surface area contributed by atoms with E-state index in [1.165, 1.54) is 4.57 Å². The summed E-state index contributed by atoms with van der Waals surface area (Å²) in [5, 5.41) is 4.15. The Morgan fingerprint density at radius 2 is 0.922 bits per heavy atom. The third-order valence-electron chi connectivity index (χ3n) is 9.25.